The molecule has 0 bridgehead atoms. The number of carboxylic acid groups (broad SMARTS) is 1. The van der Waals surface area contributed by atoms with E-state index in [1.54, 1.807) is 0 Å². The van der Waals surface area contributed by atoms with Crippen molar-refractivity contribution in [1.82, 2.24) is 0 Å². The van der Waals surface area contributed by atoms with E-state index in [0.29, 0.717) is 6.42 Å². The van der Waals surface area contributed by atoms with Gasteiger partial charge in [0.15, 0.2) is 0 Å². The Morgan fingerprint density at radius 2 is 0.298 bits per heavy atom. The minimum absolute atomic E-state index is 0.341. The first-order chi connectivity index (χ1) is 39.5. The van der Waals surface area contributed by atoms with E-state index < -0.39 is 79.2 Å². The maximum Gasteiger partial charge on any atom is 0.303 e. The summed E-state index contributed by atoms with van der Waals surface area (Å²) in [6.07, 6.45) is -2.80. The van der Waals surface area contributed by atoms with Crippen molar-refractivity contribution in [3.05, 3.63) is 0 Å². The first-order valence-electron chi connectivity index (χ1n) is 25.5. The van der Waals surface area contributed by atoms with Gasteiger partial charge in [-0.2, -0.15) is 0 Å². The van der Waals surface area contributed by atoms with E-state index in [9.17, 15) is 4.79 Å². The molecule has 528 valence electrons. The topological polar surface area (TPSA) is 766 Å². The smallest absolute Gasteiger partial charge is 0.303 e. The molecule has 38 heteroatoms. The molecule has 0 saturated heterocycles. The Morgan fingerprint density at radius 1 is 0.202 bits per heavy atom. The second-order valence-electron chi connectivity index (χ2n) is 15.5. The summed E-state index contributed by atoms with van der Waals surface area (Å²) in [6, 6.07) is 0. The van der Waals surface area contributed by atoms with Crippen molar-refractivity contribution < 1.29 is 194 Å². The van der Waals surface area contributed by atoms with Crippen molar-refractivity contribution in [2.75, 3.05) is 159 Å². The number of aliphatic hydroxyl groups excluding tert-OH is 36. The molecule has 0 unspecified atom stereocenters. The fourth-order valence-electron chi connectivity index (χ4n) is 1.93. The van der Waals surface area contributed by atoms with Crippen LogP contribution in [0.15, 0.2) is 0 Å². The molecule has 0 aliphatic rings. The molecule has 0 aromatic heterocycles. The van der Waals surface area contributed by atoms with Gasteiger partial charge in [-0.25, -0.2) is 0 Å². The summed E-state index contributed by atoms with van der Waals surface area (Å²) < 4.78 is 0. The molecule has 0 saturated carbocycles. The van der Waals surface area contributed by atoms with Gasteiger partial charge in [-0.05, 0) is 6.42 Å². The van der Waals surface area contributed by atoms with E-state index in [0.717, 1.165) is 12.8 Å². The van der Waals surface area contributed by atoms with Gasteiger partial charge in [-0.1, -0.05) is 45.4 Å². The Morgan fingerprint density at radius 3 is 0.369 bits per heavy atom. The molecular formula is C46H116O38. The lowest BCUT2D eigenvalue weighted by molar-refractivity contribution is -0.137. The molecule has 0 radical (unpaired) electrons. The van der Waals surface area contributed by atoms with Gasteiger partial charge < -0.3 is 189 Å². The standard InChI is InChI=1S/C10H20O2.12C3H8O3/c1-2-3-4-5-6-7-8-9-10(11)12;12*4-1-3(6)2-5/h2-9H2,1H3,(H,11,12);12*3-6H,1-2H2. The van der Waals surface area contributed by atoms with Gasteiger partial charge in [0.1, 0.15) is 73.2 Å². The molecule has 0 heterocycles. The van der Waals surface area contributed by atoms with Crippen LogP contribution in [0.3, 0.4) is 0 Å². The van der Waals surface area contributed by atoms with Gasteiger partial charge >= 0.3 is 5.97 Å². The van der Waals surface area contributed by atoms with Crippen molar-refractivity contribution in [2.45, 2.75) is 132 Å². The first kappa shape index (κ1) is 113. The molecule has 0 aromatic carbocycles. The molecule has 0 spiro atoms. The summed E-state index contributed by atoms with van der Waals surface area (Å²) in [6.45, 7) is -6.55. The first-order valence-corrected chi connectivity index (χ1v) is 25.5. The largest absolute Gasteiger partial charge is 0.481 e. The molecule has 0 aliphatic carbocycles. The monoisotopic (exact) mass is 1280 g/mol. The zero-order valence-electron chi connectivity index (χ0n) is 48.0. The van der Waals surface area contributed by atoms with Crippen molar-refractivity contribution in [3.8, 4) is 0 Å². The van der Waals surface area contributed by atoms with Gasteiger partial charge in [0.05, 0.1) is 159 Å². The minimum atomic E-state index is -0.954. The molecule has 0 aromatic rings. The second kappa shape index (κ2) is 109. The Labute approximate surface area is 489 Å². The molecular weight excluding hydrogens is 1160 g/mol. The highest BCUT2D eigenvalue weighted by Crippen LogP contribution is 2.08. The van der Waals surface area contributed by atoms with Crippen LogP contribution in [0.2, 0.25) is 0 Å². The third-order valence-electron chi connectivity index (χ3n) is 7.05. The number of hydrogen-bond acceptors (Lipinski definition) is 37. The van der Waals surface area contributed by atoms with Crippen LogP contribution < -0.4 is 0 Å². The van der Waals surface area contributed by atoms with E-state index in [2.05, 4.69) is 6.92 Å². The average Bonchev–Trinajstić information content (AvgIpc) is 3.55. The molecule has 38 nitrogen and oxygen atoms in total. The highest BCUT2D eigenvalue weighted by molar-refractivity contribution is 5.66. The number of aliphatic hydroxyl groups is 36. The van der Waals surface area contributed by atoms with E-state index in [-0.39, 0.29) is 159 Å². The van der Waals surface area contributed by atoms with E-state index in [4.69, 9.17) is 189 Å². The third-order valence-corrected chi connectivity index (χ3v) is 7.05. The SMILES string of the molecule is CCCCCCCCCC(=O)O.OCC(O)CO.OCC(O)CO.OCC(O)CO.OCC(O)CO.OCC(O)CO.OCC(O)CO.OCC(O)CO.OCC(O)CO.OCC(O)CO.OCC(O)CO.OCC(O)CO.OCC(O)CO. The van der Waals surface area contributed by atoms with Crippen LogP contribution in [0.4, 0.5) is 0 Å². The summed E-state index contributed by atoms with van der Waals surface area (Å²) in [5.41, 5.74) is 0. The Balaban J connectivity index is -0.0000000595. The second-order valence-corrected chi connectivity index (χ2v) is 15.5. The van der Waals surface area contributed by atoms with Gasteiger partial charge in [0, 0.05) is 6.42 Å². The lowest BCUT2D eigenvalue weighted by atomic mass is 10.1. The Hall–Kier alpha value is -1.97. The molecule has 0 aliphatic heterocycles. The van der Waals surface area contributed by atoms with Crippen LogP contribution in [0.25, 0.3) is 0 Å². The number of carbonyl (C=O) groups is 1. The summed E-state index contributed by atoms with van der Waals surface area (Å²) in [5.74, 6) is -0.663. The van der Waals surface area contributed by atoms with Crippen LogP contribution in [0, 0.1) is 0 Å². The summed E-state index contributed by atoms with van der Waals surface area (Å²) >= 11 is 0. The maximum atomic E-state index is 10.1. The molecule has 84 heavy (non-hydrogen) atoms. The quantitative estimate of drug-likeness (QED) is 0.0278. The Bertz CT molecular complexity index is 735. The van der Waals surface area contributed by atoms with Crippen LogP contribution in [0.5, 0.6) is 0 Å². The molecule has 37 N–H and O–H groups in total. The fourth-order valence-corrected chi connectivity index (χ4v) is 1.93. The highest BCUT2D eigenvalue weighted by atomic mass is 16.4. The van der Waals surface area contributed by atoms with Gasteiger partial charge in [0.2, 0.25) is 0 Å². The highest BCUT2D eigenvalue weighted by Gasteiger charge is 2.00. The summed E-state index contributed by atoms with van der Waals surface area (Å²) in [4.78, 5) is 10.1. The normalized spacial score (nSPS) is 10.0. The van der Waals surface area contributed by atoms with Crippen LogP contribution in [-0.4, -0.2) is 427 Å². The maximum absolute atomic E-state index is 10.1. The predicted octanol–water partition coefficient (Wildman–Crippen LogP) is -16.8. The van der Waals surface area contributed by atoms with E-state index in [1.165, 1.54) is 32.1 Å². The summed E-state index contributed by atoms with van der Waals surface area (Å²) in [5, 5.41) is 297. The van der Waals surface area contributed by atoms with Crippen LogP contribution in [0.1, 0.15) is 58.3 Å². The van der Waals surface area contributed by atoms with Crippen LogP contribution in [-0.2, 0) is 4.79 Å². The summed E-state index contributed by atoms with van der Waals surface area (Å²) in [7, 11) is 0. The molecule has 0 atom stereocenters. The lowest BCUT2D eigenvalue weighted by Crippen LogP contribution is -2.15. The molecule has 0 amide bonds. The van der Waals surface area contributed by atoms with E-state index in [1.807, 2.05) is 0 Å². The zero-order valence-corrected chi connectivity index (χ0v) is 48.0. The molecule has 0 rings (SSSR count). The van der Waals surface area contributed by atoms with Crippen molar-refractivity contribution in [1.29, 1.82) is 0 Å². The van der Waals surface area contributed by atoms with Gasteiger partial charge in [0.25, 0.3) is 0 Å². The van der Waals surface area contributed by atoms with E-state index >= 15 is 0 Å². The molecule has 0 fully saturated rings. The average molecular weight is 1280 g/mol. The predicted molar refractivity (Wildman–Crippen MR) is 292 cm³/mol. The van der Waals surface area contributed by atoms with Crippen molar-refractivity contribution in [3.63, 3.8) is 0 Å². The third kappa shape index (κ3) is 165. The number of hydrogen-bond donors (Lipinski definition) is 37. The number of carboxylic acids is 1. The van der Waals surface area contributed by atoms with Crippen LogP contribution >= 0.6 is 0 Å². The van der Waals surface area contributed by atoms with Gasteiger partial charge in [-0.15, -0.1) is 0 Å². The van der Waals surface area contributed by atoms with Crippen molar-refractivity contribution >= 4 is 5.97 Å². The number of aliphatic carboxylic acids is 1. The minimum Gasteiger partial charge on any atom is -0.481 e. The fraction of sp³-hybridized carbons (Fsp3) is 0.978. The lowest BCUT2D eigenvalue weighted by Gasteiger charge is -1.98. The number of unbranched alkanes of at least 4 members (excludes halogenated alkanes) is 6. The van der Waals surface area contributed by atoms with Gasteiger partial charge in [-0.3, -0.25) is 4.79 Å². The van der Waals surface area contributed by atoms with Crippen molar-refractivity contribution in [2.24, 2.45) is 0 Å². The number of rotatable bonds is 32. The zero-order chi connectivity index (χ0) is 69.1. The Kier molecular flexibility index (Phi) is 147.